The molecule has 0 bridgehead atoms. The minimum atomic E-state index is 0.404. The van der Waals surface area contributed by atoms with Crippen LogP contribution in [0.15, 0.2) is 36.7 Å². The van der Waals surface area contributed by atoms with E-state index in [-0.39, 0.29) is 0 Å². The third-order valence-corrected chi connectivity index (χ3v) is 2.79. The molecule has 0 fully saturated rings. The van der Waals surface area contributed by atoms with Crippen LogP contribution in [-0.4, -0.2) is 19.9 Å². The Morgan fingerprint density at radius 3 is 2.71 bits per heavy atom. The number of hydrogen-bond acceptors (Lipinski definition) is 3. The molecule has 2 heterocycles. The normalized spacial score (nSPS) is 10.9. The van der Waals surface area contributed by atoms with Crippen molar-refractivity contribution in [3.8, 4) is 0 Å². The summed E-state index contributed by atoms with van der Waals surface area (Å²) in [5.41, 5.74) is 2.49. The van der Waals surface area contributed by atoms with Crippen molar-refractivity contribution in [2.24, 2.45) is 0 Å². The standard InChI is InChI=1S/C12H9ClN4/c13-11-10-12(15-7-14-11)17-9(16-10)6-8-4-2-1-3-5-8/h1-5,7H,6H2,(H,14,15,16,17). The molecule has 1 aromatic carbocycles. The summed E-state index contributed by atoms with van der Waals surface area (Å²) in [6.07, 6.45) is 2.14. The summed E-state index contributed by atoms with van der Waals surface area (Å²) >= 11 is 5.95. The van der Waals surface area contributed by atoms with E-state index in [1.165, 1.54) is 11.9 Å². The lowest BCUT2D eigenvalue weighted by molar-refractivity contribution is 1.03. The highest BCUT2D eigenvalue weighted by atomic mass is 35.5. The van der Waals surface area contributed by atoms with Gasteiger partial charge in [-0.2, -0.15) is 0 Å². The predicted molar refractivity (Wildman–Crippen MR) is 65.9 cm³/mol. The molecule has 0 aliphatic rings. The molecule has 2 aromatic heterocycles. The van der Waals surface area contributed by atoms with Gasteiger partial charge in [-0.25, -0.2) is 15.0 Å². The van der Waals surface area contributed by atoms with Crippen molar-refractivity contribution in [2.75, 3.05) is 0 Å². The Morgan fingerprint density at radius 1 is 1.12 bits per heavy atom. The Balaban J connectivity index is 1.99. The molecule has 0 saturated heterocycles. The molecular weight excluding hydrogens is 236 g/mol. The molecule has 0 spiro atoms. The number of nitrogens with one attached hydrogen (secondary N) is 1. The number of benzene rings is 1. The van der Waals surface area contributed by atoms with E-state index in [2.05, 4.69) is 32.1 Å². The SMILES string of the molecule is Clc1ncnc2nc(Cc3ccccc3)[nH]c12. The van der Waals surface area contributed by atoms with Crippen LogP contribution in [0, 0.1) is 0 Å². The Labute approximate surface area is 103 Å². The van der Waals surface area contributed by atoms with Gasteiger partial charge in [0.25, 0.3) is 0 Å². The van der Waals surface area contributed by atoms with E-state index < -0.39 is 0 Å². The average molecular weight is 245 g/mol. The van der Waals surface area contributed by atoms with Gasteiger partial charge in [0.05, 0.1) is 0 Å². The van der Waals surface area contributed by atoms with Gasteiger partial charge in [0, 0.05) is 6.42 Å². The molecule has 0 unspecified atom stereocenters. The van der Waals surface area contributed by atoms with Crippen LogP contribution >= 0.6 is 11.6 Å². The molecule has 3 aromatic rings. The molecule has 0 atom stereocenters. The minimum absolute atomic E-state index is 0.404. The van der Waals surface area contributed by atoms with E-state index >= 15 is 0 Å². The van der Waals surface area contributed by atoms with Gasteiger partial charge in [0.2, 0.25) is 0 Å². The summed E-state index contributed by atoms with van der Waals surface area (Å²) in [6.45, 7) is 0. The fourth-order valence-corrected chi connectivity index (χ4v) is 1.90. The van der Waals surface area contributed by atoms with Crippen LogP contribution in [0.1, 0.15) is 11.4 Å². The monoisotopic (exact) mass is 244 g/mol. The molecule has 3 rings (SSSR count). The molecule has 1 N–H and O–H groups in total. The van der Waals surface area contributed by atoms with Crippen molar-refractivity contribution in [3.05, 3.63) is 53.2 Å². The van der Waals surface area contributed by atoms with E-state index in [0.29, 0.717) is 16.3 Å². The maximum absolute atomic E-state index is 5.95. The summed E-state index contributed by atoms with van der Waals surface area (Å²) in [6, 6.07) is 10.1. The smallest absolute Gasteiger partial charge is 0.182 e. The van der Waals surface area contributed by atoms with Crippen LogP contribution in [0.3, 0.4) is 0 Å². The largest absolute Gasteiger partial charge is 0.338 e. The molecule has 5 heteroatoms. The first kappa shape index (κ1) is 10.2. The number of nitrogens with zero attached hydrogens (tertiary/aromatic N) is 3. The fraction of sp³-hybridized carbons (Fsp3) is 0.0833. The zero-order chi connectivity index (χ0) is 11.7. The van der Waals surface area contributed by atoms with Gasteiger partial charge in [-0.1, -0.05) is 41.9 Å². The highest BCUT2D eigenvalue weighted by Crippen LogP contribution is 2.17. The summed E-state index contributed by atoms with van der Waals surface area (Å²) in [5.74, 6) is 0.841. The van der Waals surface area contributed by atoms with Crippen LogP contribution in [0.4, 0.5) is 0 Å². The molecule has 84 valence electrons. The Bertz CT molecular complexity index is 648. The van der Waals surface area contributed by atoms with Gasteiger partial charge in [-0.05, 0) is 5.56 Å². The number of halogens is 1. The van der Waals surface area contributed by atoms with Gasteiger partial charge in [0.15, 0.2) is 10.8 Å². The fourth-order valence-electron chi connectivity index (χ4n) is 1.72. The van der Waals surface area contributed by atoms with Gasteiger partial charge in [-0.3, -0.25) is 0 Å². The summed E-state index contributed by atoms with van der Waals surface area (Å²) in [4.78, 5) is 15.5. The van der Waals surface area contributed by atoms with Crippen LogP contribution in [0.25, 0.3) is 11.2 Å². The topological polar surface area (TPSA) is 54.5 Å². The lowest BCUT2D eigenvalue weighted by Gasteiger charge is -1.96. The maximum atomic E-state index is 5.95. The lowest BCUT2D eigenvalue weighted by Crippen LogP contribution is -1.89. The van der Waals surface area contributed by atoms with Gasteiger partial charge >= 0.3 is 0 Å². The number of imidazole rings is 1. The number of rotatable bonds is 2. The highest BCUT2D eigenvalue weighted by molar-refractivity contribution is 6.33. The van der Waals surface area contributed by atoms with E-state index in [1.54, 1.807) is 0 Å². The lowest BCUT2D eigenvalue weighted by atomic mass is 10.1. The van der Waals surface area contributed by atoms with Crippen molar-refractivity contribution in [1.29, 1.82) is 0 Å². The van der Waals surface area contributed by atoms with Crippen molar-refractivity contribution in [3.63, 3.8) is 0 Å². The maximum Gasteiger partial charge on any atom is 0.182 e. The number of hydrogen-bond donors (Lipinski definition) is 1. The quantitative estimate of drug-likeness (QED) is 0.705. The Hall–Kier alpha value is -1.94. The Morgan fingerprint density at radius 2 is 1.94 bits per heavy atom. The molecular formula is C12H9ClN4. The first-order valence-electron chi connectivity index (χ1n) is 5.22. The summed E-state index contributed by atoms with van der Waals surface area (Å²) in [5, 5.41) is 0.404. The molecule has 0 aliphatic heterocycles. The minimum Gasteiger partial charge on any atom is -0.338 e. The number of aromatic amines is 1. The number of aromatic nitrogens is 4. The van der Waals surface area contributed by atoms with E-state index in [9.17, 15) is 0 Å². The molecule has 0 saturated carbocycles. The third-order valence-electron chi connectivity index (χ3n) is 2.51. The average Bonchev–Trinajstić information content (AvgIpc) is 2.74. The number of H-pyrrole nitrogens is 1. The molecule has 0 aliphatic carbocycles. The van der Waals surface area contributed by atoms with Gasteiger partial charge < -0.3 is 4.98 Å². The van der Waals surface area contributed by atoms with Crippen LogP contribution < -0.4 is 0 Å². The van der Waals surface area contributed by atoms with Gasteiger partial charge in [-0.15, -0.1) is 0 Å². The molecule has 4 nitrogen and oxygen atoms in total. The van der Waals surface area contributed by atoms with Crippen LogP contribution in [0.5, 0.6) is 0 Å². The van der Waals surface area contributed by atoms with Gasteiger partial charge in [0.1, 0.15) is 17.7 Å². The first-order valence-corrected chi connectivity index (χ1v) is 5.60. The molecule has 0 amide bonds. The second kappa shape index (κ2) is 4.14. The molecule has 17 heavy (non-hydrogen) atoms. The van der Waals surface area contributed by atoms with Crippen LogP contribution in [-0.2, 0) is 6.42 Å². The first-order chi connectivity index (χ1) is 8.33. The second-order valence-corrected chi connectivity index (χ2v) is 4.07. The highest BCUT2D eigenvalue weighted by Gasteiger charge is 2.07. The summed E-state index contributed by atoms with van der Waals surface area (Å²) < 4.78 is 0. The van der Waals surface area contributed by atoms with E-state index in [1.807, 2.05) is 18.2 Å². The van der Waals surface area contributed by atoms with Crippen molar-refractivity contribution in [1.82, 2.24) is 19.9 Å². The van der Waals surface area contributed by atoms with Crippen molar-refractivity contribution in [2.45, 2.75) is 6.42 Å². The van der Waals surface area contributed by atoms with E-state index in [0.717, 1.165) is 12.2 Å². The van der Waals surface area contributed by atoms with Crippen LogP contribution in [0.2, 0.25) is 5.15 Å². The zero-order valence-corrected chi connectivity index (χ0v) is 9.65. The molecule has 0 radical (unpaired) electrons. The third kappa shape index (κ3) is 1.99. The van der Waals surface area contributed by atoms with Crippen molar-refractivity contribution < 1.29 is 0 Å². The zero-order valence-electron chi connectivity index (χ0n) is 8.89. The second-order valence-electron chi connectivity index (χ2n) is 3.71. The van der Waals surface area contributed by atoms with E-state index in [4.69, 9.17) is 11.6 Å². The number of fused-ring (bicyclic) bond motifs is 1. The summed E-state index contributed by atoms with van der Waals surface area (Å²) in [7, 11) is 0. The Kier molecular flexibility index (Phi) is 2.49. The van der Waals surface area contributed by atoms with Crippen molar-refractivity contribution >= 4 is 22.8 Å². The predicted octanol–water partition coefficient (Wildman–Crippen LogP) is 2.60.